The number of nitrogens with one attached hydrogen (secondary N) is 1. The van der Waals surface area contributed by atoms with Crippen molar-refractivity contribution >= 4 is 17.2 Å². The molecule has 0 saturated heterocycles. The molecule has 0 fully saturated rings. The third-order valence-corrected chi connectivity index (χ3v) is 4.73. The molecule has 3 aromatic heterocycles. The van der Waals surface area contributed by atoms with Crippen LogP contribution < -0.4 is 10.1 Å². The minimum absolute atomic E-state index is 0.0530. The molecule has 0 aliphatic carbocycles. The highest BCUT2D eigenvalue weighted by Gasteiger charge is 2.28. The highest BCUT2D eigenvalue weighted by Crippen LogP contribution is 2.24. The van der Waals surface area contributed by atoms with Gasteiger partial charge in [-0.3, -0.25) is 13.9 Å². The summed E-state index contributed by atoms with van der Waals surface area (Å²) < 4.78 is 73.1. The highest BCUT2D eigenvalue weighted by atomic mass is 19.4. The minimum Gasteiger partial charge on any atom is -0.470 e. The van der Waals surface area contributed by atoms with Crippen molar-refractivity contribution in [1.29, 1.82) is 0 Å². The van der Waals surface area contributed by atoms with Gasteiger partial charge in [-0.2, -0.15) is 18.3 Å². The standard InChI is InChI=1S/C21H17F5N6O2/c1-11-7-32-17(19(33)30-13-6-27-31(8-13)10-21(24,25)26)12(2)29-18(32)20(28-11)34-9-14-15(22)4-3-5-16(14)23/h3-8H,9-10H2,1-2H3,(H,30,33). The second-order valence-electron chi connectivity index (χ2n) is 7.41. The van der Waals surface area contributed by atoms with Gasteiger partial charge in [0.05, 0.1) is 28.8 Å². The van der Waals surface area contributed by atoms with Gasteiger partial charge in [0.2, 0.25) is 5.65 Å². The van der Waals surface area contributed by atoms with E-state index in [0.29, 0.717) is 10.4 Å². The van der Waals surface area contributed by atoms with Gasteiger partial charge in [-0.15, -0.1) is 0 Å². The topological polar surface area (TPSA) is 86.3 Å². The summed E-state index contributed by atoms with van der Waals surface area (Å²) in [4.78, 5) is 21.4. The van der Waals surface area contributed by atoms with Gasteiger partial charge in [0.1, 0.15) is 30.5 Å². The Balaban J connectivity index is 1.61. The second-order valence-corrected chi connectivity index (χ2v) is 7.41. The van der Waals surface area contributed by atoms with E-state index in [-0.39, 0.29) is 34.2 Å². The largest absolute Gasteiger partial charge is 0.470 e. The van der Waals surface area contributed by atoms with Crippen LogP contribution in [-0.4, -0.2) is 36.2 Å². The Kier molecular flexibility index (Phi) is 5.94. The molecule has 1 N–H and O–H groups in total. The first-order valence-corrected chi connectivity index (χ1v) is 9.84. The Morgan fingerprint density at radius 1 is 1.12 bits per heavy atom. The molecule has 0 unspecified atom stereocenters. The lowest BCUT2D eigenvalue weighted by Crippen LogP contribution is -2.18. The monoisotopic (exact) mass is 480 g/mol. The van der Waals surface area contributed by atoms with Crippen molar-refractivity contribution in [3.05, 3.63) is 71.1 Å². The number of hydrogen-bond acceptors (Lipinski definition) is 5. The maximum Gasteiger partial charge on any atom is 0.408 e. The van der Waals surface area contributed by atoms with E-state index >= 15 is 0 Å². The summed E-state index contributed by atoms with van der Waals surface area (Å²) >= 11 is 0. The Hall–Kier alpha value is -4.03. The lowest BCUT2D eigenvalue weighted by Gasteiger charge is -2.10. The molecule has 0 radical (unpaired) electrons. The predicted molar refractivity (Wildman–Crippen MR) is 109 cm³/mol. The molecule has 13 heteroatoms. The number of halogens is 5. The maximum absolute atomic E-state index is 13.9. The number of alkyl halides is 3. The molecule has 0 aliphatic heterocycles. The average Bonchev–Trinajstić information content (AvgIpc) is 3.28. The normalized spacial score (nSPS) is 11.7. The minimum atomic E-state index is -4.46. The number of aryl methyl sites for hydroxylation is 2. The number of benzene rings is 1. The van der Waals surface area contributed by atoms with E-state index in [4.69, 9.17) is 4.74 Å². The number of hydrogen-bond donors (Lipinski definition) is 1. The van der Waals surface area contributed by atoms with E-state index < -0.39 is 36.9 Å². The van der Waals surface area contributed by atoms with Crippen molar-refractivity contribution in [1.82, 2.24) is 24.1 Å². The summed E-state index contributed by atoms with van der Waals surface area (Å²) in [7, 11) is 0. The van der Waals surface area contributed by atoms with E-state index in [2.05, 4.69) is 20.4 Å². The van der Waals surface area contributed by atoms with E-state index in [0.717, 1.165) is 24.5 Å². The molecule has 0 atom stereocenters. The van der Waals surface area contributed by atoms with Gasteiger partial charge < -0.3 is 10.1 Å². The van der Waals surface area contributed by atoms with Crippen LogP contribution in [0.15, 0.2) is 36.8 Å². The molecule has 3 heterocycles. The molecule has 1 aromatic carbocycles. The molecule has 8 nitrogen and oxygen atoms in total. The molecule has 0 saturated carbocycles. The fourth-order valence-corrected chi connectivity index (χ4v) is 3.32. The summed E-state index contributed by atoms with van der Waals surface area (Å²) in [5.41, 5.74) is 0.654. The highest BCUT2D eigenvalue weighted by molar-refractivity contribution is 6.04. The molecular weight excluding hydrogens is 463 g/mol. The third-order valence-electron chi connectivity index (χ3n) is 4.73. The fraction of sp³-hybridized carbons (Fsp3) is 0.238. The van der Waals surface area contributed by atoms with Crippen molar-refractivity contribution in [3.8, 4) is 5.88 Å². The Morgan fingerprint density at radius 3 is 2.50 bits per heavy atom. The summed E-state index contributed by atoms with van der Waals surface area (Å²) in [5.74, 6) is -2.28. The van der Waals surface area contributed by atoms with Crippen molar-refractivity contribution in [2.75, 3.05) is 5.32 Å². The lowest BCUT2D eigenvalue weighted by atomic mass is 10.2. The van der Waals surface area contributed by atoms with Crippen LogP contribution in [0, 0.1) is 25.5 Å². The van der Waals surface area contributed by atoms with E-state index in [1.54, 1.807) is 13.8 Å². The number of amides is 1. The number of imidazole rings is 1. The first-order chi connectivity index (χ1) is 16.0. The van der Waals surface area contributed by atoms with E-state index in [1.165, 1.54) is 16.7 Å². The van der Waals surface area contributed by atoms with Crippen LogP contribution in [0.3, 0.4) is 0 Å². The first-order valence-electron chi connectivity index (χ1n) is 9.84. The fourth-order valence-electron chi connectivity index (χ4n) is 3.32. The summed E-state index contributed by atoms with van der Waals surface area (Å²) in [5, 5.41) is 6.07. The van der Waals surface area contributed by atoms with Gasteiger partial charge in [0, 0.05) is 12.4 Å². The number of aromatic nitrogens is 5. The van der Waals surface area contributed by atoms with Gasteiger partial charge in [-0.1, -0.05) is 6.07 Å². The van der Waals surface area contributed by atoms with Crippen molar-refractivity contribution < 1.29 is 31.5 Å². The first kappa shape index (κ1) is 23.1. The molecule has 0 spiro atoms. The zero-order valence-electron chi connectivity index (χ0n) is 17.8. The molecule has 0 bridgehead atoms. The number of nitrogens with zero attached hydrogens (tertiary/aromatic N) is 5. The Bertz CT molecular complexity index is 1360. The van der Waals surface area contributed by atoms with Crippen LogP contribution in [0.5, 0.6) is 5.88 Å². The molecule has 0 aliphatic rings. The van der Waals surface area contributed by atoms with Crippen LogP contribution in [0.25, 0.3) is 5.65 Å². The number of rotatable bonds is 6. The summed E-state index contributed by atoms with van der Waals surface area (Å²) in [6.07, 6.45) is -0.813. The molecule has 4 aromatic rings. The number of anilines is 1. The molecule has 1 amide bonds. The number of carbonyl (C=O) groups is 1. The van der Waals surface area contributed by atoms with Crippen LogP contribution in [0.1, 0.15) is 27.4 Å². The molecule has 4 rings (SSSR count). The van der Waals surface area contributed by atoms with Crippen LogP contribution in [-0.2, 0) is 13.2 Å². The van der Waals surface area contributed by atoms with Crippen LogP contribution in [0.2, 0.25) is 0 Å². The number of ether oxygens (including phenoxy) is 1. The molecule has 34 heavy (non-hydrogen) atoms. The smallest absolute Gasteiger partial charge is 0.408 e. The van der Waals surface area contributed by atoms with E-state index in [1.807, 2.05) is 0 Å². The average molecular weight is 480 g/mol. The van der Waals surface area contributed by atoms with Gasteiger partial charge in [-0.05, 0) is 26.0 Å². The Morgan fingerprint density at radius 2 is 1.82 bits per heavy atom. The number of fused-ring (bicyclic) bond motifs is 1. The lowest BCUT2D eigenvalue weighted by molar-refractivity contribution is -0.142. The van der Waals surface area contributed by atoms with Crippen LogP contribution >= 0.6 is 0 Å². The van der Waals surface area contributed by atoms with Gasteiger partial charge in [-0.25, -0.2) is 18.7 Å². The van der Waals surface area contributed by atoms with E-state index in [9.17, 15) is 26.7 Å². The summed E-state index contributed by atoms with van der Waals surface area (Å²) in [6.45, 7) is 1.40. The van der Waals surface area contributed by atoms with Crippen molar-refractivity contribution in [3.63, 3.8) is 0 Å². The van der Waals surface area contributed by atoms with Gasteiger partial charge in [0.15, 0.2) is 0 Å². The second kappa shape index (κ2) is 8.72. The SMILES string of the molecule is Cc1cn2c(C(=O)Nc3cnn(CC(F)(F)F)c3)c(C)nc2c(OCc2c(F)cccc2F)n1. The van der Waals surface area contributed by atoms with Crippen molar-refractivity contribution in [2.24, 2.45) is 0 Å². The Labute approximate surface area is 189 Å². The van der Waals surface area contributed by atoms with Crippen LogP contribution in [0.4, 0.5) is 27.6 Å². The summed E-state index contributed by atoms with van der Waals surface area (Å²) in [6, 6.07) is 3.42. The quantitative estimate of drug-likeness (QED) is 0.418. The zero-order valence-corrected chi connectivity index (χ0v) is 17.8. The predicted octanol–water partition coefficient (Wildman–Crippen LogP) is 4.21. The third kappa shape index (κ3) is 4.82. The number of carbonyl (C=O) groups excluding carboxylic acids is 1. The van der Waals surface area contributed by atoms with Gasteiger partial charge >= 0.3 is 6.18 Å². The molecule has 178 valence electrons. The maximum atomic E-state index is 13.9. The molecular formula is C21H17F5N6O2. The zero-order chi connectivity index (χ0) is 24.6. The van der Waals surface area contributed by atoms with Crippen molar-refractivity contribution in [2.45, 2.75) is 33.2 Å². The van der Waals surface area contributed by atoms with Gasteiger partial charge in [0.25, 0.3) is 11.8 Å².